The van der Waals surface area contributed by atoms with Gasteiger partial charge in [-0.3, -0.25) is 4.98 Å². The maximum Gasteiger partial charge on any atom is 0.267 e. The molecule has 0 atom stereocenters. The van der Waals surface area contributed by atoms with Gasteiger partial charge in [-0.05, 0) is 5.56 Å². The van der Waals surface area contributed by atoms with Crippen molar-refractivity contribution < 1.29 is 18.3 Å². The summed E-state index contributed by atoms with van der Waals surface area (Å²) in [7, 11) is 0. The second kappa shape index (κ2) is 4.75. The summed E-state index contributed by atoms with van der Waals surface area (Å²) in [5, 5.41) is 8.73. The van der Waals surface area contributed by atoms with Crippen LogP contribution < -0.4 is 0 Å². The zero-order chi connectivity index (χ0) is 10.7. The molecular formula is C8H7BrF3NO. The van der Waals surface area contributed by atoms with Gasteiger partial charge >= 0.3 is 0 Å². The Kier molecular flexibility index (Phi) is 3.88. The van der Waals surface area contributed by atoms with Gasteiger partial charge in [-0.2, -0.15) is 0 Å². The van der Waals surface area contributed by atoms with Gasteiger partial charge in [-0.1, -0.05) is 15.9 Å². The molecule has 1 aromatic heterocycles. The first-order valence-corrected chi connectivity index (χ1v) is 4.85. The van der Waals surface area contributed by atoms with Crippen molar-refractivity contribution in [3.05, 3.63) is 28.8 Å². The molecule has 1 aromatic rings. The van der Waals surface area contributed by atoms with Gasteiger partial charge in [0.2, 0.25) is 0 Å². The Hall–Kier alpha value is -0.620. The van der Waals surface area contributed by atoms with Crippen LogP contribution in [0.5, 0.6) is 0 Å². The number of aliphatic hydroxyl groups is 1. The highest BCUT2D eigenvalue weighted by Gasteiger charge is 2.21. The number of hydrogen-bond donors (Lipinski definition) is 1. The molecular weight excluding hydrogens is 263 g/mol. The van der Waals surface area contributed by atoms with Gasteiger partial charge in [-0.15, -0.1) is 0 Å². The van der Waals surface area contributed by atoms with Crippen LogP contribution >= 0.6 is 15.9 Å². The molecule has 6 heteroatoms. The molecule has 0 saturated carbocycles. The van der Waals surface area contributed by atoms with Crippen LogP contribution in [0.3, 0.4) is 0 Å². The van der Waals surface area contributed by atoms with Crippen molar-refractivity contribution in [3.8, 4) is 0 Å². The largest absolute Gasteiger partial charge is 0.390 e. The second-order valence-electron chi connectivity index (χ2n) is 2.55. The van der Waals surface area contributed by atoms with E-state index >= 15 is 0 Å². The van der Waals surface area contributed by atoms with Crippen molar-refractivity contribution in [2.45, 2.75) is 18.4 Å². The lowest BCUT2D eigenvalue weighted by molar-refractivity contribution is 0.144. The minimum atomic E-state index is -2.91. The molecule has 1 N–H and O–H groups in total. The molecule has 0 bridgehead atoms. The highest BCUT2D eigenvalue weighted by atomic mass is 79.9. The summed E-state index contributed by atoms with van der Waals surface area (Å²) in [5.74, 6) is -1.13. The lowest BCUT2D eigenvalue weighted by Crippen LogP contribution is -2.04. The van der Waals surface area contributed by atoms with E-state index in [-0.39, 0.29) is 16.6 Å². The maximum absolute atomic E-state index is 13.2. The van der Waals surface area contributed by atoms with Gasteiger partial charge < -0.3 is 5.11 Å². The Morgan fingerprint density at radius 1 is 1.50 bits per heavy atom. The fourth-order valence-corrected chi connectivity index (χ4v) is 1.48. The molecule has 0 radical (unpaired) electrons. The molecule has 0 aliphatic rings. The summed E-state index contributed by atoms with van der Waals surface area (Å²) in [6.45, 7) is -0.686. The van der Waals surface area contributed by atoms with E-state index in [0.717, 1.165) is 6.20 Å². The highest BCUT2D eigenvalue weighted by molar-refractivity contribution is 9.08. The molecule has 0 aromatic carbocycles. The summed E-state index contributed by atoms with van der Waals surface area (Å²) in [6.07, 6.45) is -1.78. The Bertz CT molecular complexity index is 333. The predicted octanol–water partition coefficient (Wildman–Crippen LogP) is 2.55. The summed E-state index contributed by atoms with van der Waals surface area (Å²) in [4.78, 5) is 3.52. The van der Waals surface area contributed by atoms with Gasteiger partial charge in [0, 0.05) is 11.5 Å². The average Bonchev–Trinajstić information content (AvgIpc) is 2.16. The minimum Gasteiger partial charge on any atom is -0.390 e. The van der Waals surface area contributed by atoms with Crippen LogP contribution in [0.25, 0.3) is 0 Å². The fraction of sp³-hybridized carbons (Fsp3) is 0.375. The molecule has 0 saturated heterocycles. The van der Waals surface area contributed by atoms with Gasteiger partial charge in [-0.25, -0.2) is 13.2 Å². The molecule has 0 unspecified atom stereocenters. The third kappa shape index (κ3) is 2.06. The quantitative estimate of drug-likeness (QED) is 0.856. The summed E-state index contributed by atoms with van der Waals surface area (Å²) >= 11 is 2.95. The van der Waals surface area contributed by atoms with Crippen molar-refractivity contribution in [3.63, 3.8) is 0 Å². The molecule has 2 nitrogen and oxygen atoms in total. The normalized spacial score (nSPS) is 11.0. The van der Waals surface area contributed by atoms with Crippen LogP contribution in [0.4, 0.5) is 13.2 Å². The van der Waals surface area contributed by atoms with Crippen LogP contribution in [0.1, 0.15) is 23.2 Å². The van der Waals surface area contributed by atoms with E-state index in [2.05, 4.69) is 20.9 Å². The van der Waals surface area contributed by atoms with Crippen LogP contribution in [0, 0.1) is 5.82 Å². The molecule has 78 valence electrons. The summed E-state index contributed by atoms with van der Waals surface area (Å²) in [5.41, 5.74) is -0.958. The van der Waals surface area contributed by atoms with Crippen LogP contribution in [0.15, 0.2) is 6.20 Å². The third-order valence-electron chi connectivity index (χ3n) is 1.72. The van der Waals surface area contributed by atoms with Crippen molar-refractivity contribution in [1.29, 1.82) is 0 Å². The topological polar surface area (TPSA) is 33.1 Å². The van der Waals surface area contributed by atoms with E-state index in [1.54, 1.807) is 0 Å². The first-order chi connectivity index (χ1) is 6.61. The molecule has 0 fully saturated rings. The number of pyridine rings is 1. The Labute approximate surface area is 86.9 Å². The van der Waals surface area contributed by atoms with E-state index in [4.69, 9.17) is 5.11 Å². The molecule has 0 amide bonds. The van der Waals surface area contributed by atoms with Gasteiger partial charge in [0.15, 0.2) is 5.82 Å². The predicted molar refractivity (Wildman–Crippen MR) is 47.7 cm³/mol. The number of aliphatic hydroxyl groups excluding tert-OH is 1. The highest BCUT2D eigenvalue weighted by Crippen LogP contribution is 2.28. The van der Waals surface area contributed by atoms with Gasteiger partial charge in [0.1, 0.15) is 5.69 Å². The Balaban J connectivity index is 3.31. The van der Waals surface area contributed by atoms with Gasteiger partial charge in [0.25, 0.3) is 6.43 Å². The lowest BCUT2D eigenvalue weighted by Gasteiger charge is -2.09. The van der Waals surface area contributed by atoms with E-state index in [9.17, 15) is 13.2 Å². The number of rotatable bonds is 3. The third-order valence-corrected chi connectivity index (χ3v) is 2.33. The summed E-state index contributed by atoms with van der Waals surface area (Å²) in [6, 6.07) is 0. The zero-order valence-electron chi connectivity index (χ0n) is 6.98. The molecule has 14 heavy (non-hydrogen) atoms. The smallest absolute Gasteiger partial charge is 0.267 e. The van der Waals surface area contributed by atoms with E-state index in [0.29, 0.717) is 0 Å². The van der Waals surface area contributed by atoms with Crippen LogP contribution in [-0.2, 0) is 11.9 Å². The molecule has 0 spiro atoms. The van der Waals surface area contributed by atoms with Crippen molar-refractivity contribution >= 4 is 15.9 Å². The van der Waals surface area contributed by atoms with Crippen molar-refractivity contribution in [2.75, 3.05) is 0 Å². The number of aromatic nitrogens is 1. The Morgan fingerprint density at radius 2 is 2.14 bits per heavy atom. The second-order valence-corrected chi connectivity index (χ2v) is 3.11. The molecule has 1 rings (SSSR count). The van der Waals surface area contributed by atoms with Crippen LogP contribution in [0.2, 0.25) is 0 Å². The monoisotopic (exact) mass is 269 g/mol. The number of alkyl halides is 3. The fourth-order valence-electron chi connectivity index (χ4n) is 1.03. The van der Waals surface area contributed by atoms with Gasteiger partial charge in [0.05, 0.1) is 12.2 Å². The lowest BCUT2D eigenvalue weighted by atomic mass is 10.1. The van der Waals surface area contributed by atoms with E-state index in [1.807, 2.05) is 0 Å². The first kappa shape index (κ1) is 11.5. The molecule has 0 aliphatic heterocycles. The van der Waals surface area contributed by atoms with Crippen molar-refractivity contribution in [2.24, 2.45) is 0 Å². The molecule has 1 heterocycles. The standard InChI is InChI=1S/C8H7BrF3NO/c9-1-4-2-13-5(3-14)7(10)6(4)8(11)12/h2,8,14H,1,3H2. The Morgan fingerprint density at radius 3 is 2.57 bits per heavy atom. The summed E-state index contributed by atoms with van der Waals surface area (Å²) < 4.78 is 38.1. The SMILES string of the molecule is OCc1ncc(CBr)c(C(F)F)c1F. The van der Waals surface area contributed by atoms with Crippen molar-refractivity contribution in [1.82, 2.24) is 4.98 Å². The average molecular weight is 270 g/mol. The maximum atomic E-state index is 13.2. The first-order valence-electron chi connectivity index (χ1n) is 3.73. The zero-order valence-corrected chi connectivity index (χ0v) is 8.56. The minimum absolute atomic E-state index is 0.0923. The number of hydrogen-bond acceptors (Lipinski definition) is 2. The van der Waals surface area contributed by atoms with Crippen LogP contribution in [-0.4, -0.2) is 10.1 Å². The molecule has 0 aliphatic carbocycles. The number of halogens is 4. The van der Waals surface area contributed by atoms with E-state index < -0.39 is 24.4 Å². The number of nitrogens with zero attached hydrogens (tertiary/aromatic N) is 1. The van der Waals surface area contributed by atoms with E-state index in [1.165, 1.54) is 0 Å².